The van der Waals surface area contributed by atoms with Crippen molar-refractivity contribution in [2.75, 3.05) is 9.80 Å². The van der Waals surface area contributed by atoms with Crippen LogP contribution in [-0.2, 0) is 0 Å². The molecular formula is C100H53F3N2O8. The summed E-state index contributed by atoms with van der Waals surface area (Å²) in [6.45, 7) is 0. The van der Waals surface area contributed by atoms with Crippen LogP contribution in [0.1, 0.15) is 0 Å². The molecule has 0 spiro atoms. The first-order chi connectivity index (χ1) is 55.6. The monoisotopic (exact) mass is 1470 g/mol. The molecule has 113 heavy (non-hydrogen) atoms. The van der Waals surface area contributed by atoms with Gasteiger partial charge < -0.3 is 37.3 Å². The van der Waals surface area contributed by atoms with Crippen LogP contribution in [0.3, 0.4) is 0 Å². The highest BCUT2D eigenvalue weighted by atomic mass is 19.1. The normalized spacial score (nSPS) is 12.9. The highest BCUT2D eigenvalue weighted by Gasteiger charge is 2.46. The number of furan rings is 2. The van der Waals surface area contributed by atoms with Gasteiger partial charge in [0.25, 0.3) is 0 Å². The van der Waals surface area contributed by atoms with Crippen LogP contribution in [0.2, 0.25) is 0 Å². The Labute approximate surface area is 643 Å². The maximum absolute atomic E-state index is 17.9. The summed E-state index contributed by atoms with van der Waals surface area (Å²) >= 11 is 0. The van der Waals surface area contributed by atoms with E-state index in [0.29, 0.717) is 109 Å². The molecule has 24 rings (SSSR count). The predicted molar refractivity (Wildman–Crippen MR) is 435 cm³/mol. The molecule has 0 aliphatic carbocycles. The fraction of sp³-hybridized carbons (Fsp3) is 0. The first-order valence-electron chi connectivity index (χ1n) is 37.2. The zero-order valence-corrected chi connectivity index (χ0v) is 59.4. The largest absolute Gasteiger partial charge is 0.456 e. The number of halogens is 3. The summed E-state index contributed by atoms with van der Waals surface area (Å²) in [6.07, 6.45) is 0. The SMILES string of the molecule is Fc1ccc(-c2ccc(-c3cc(-c4ccc(-c5ccc(F)cc5)cc4)cc(-c4ccc(-c5ccc(F)c(-c6cc(-c7ccc(-c8cc9cc%10oc(-c%11ccccc%11)cc%10cc9o8)cc7)c7c8c6Oc6cc(-c9cc%10c%11c(c9)Oc9cccc%12c9N%11c9c(cccc9O%10)O%12)cc9c6N8c6c(cccc6O7)O9)c5)cc4)c3)cc2)cc1. The van der Waals surface area contributed by atoms with Crippen molar-refractivity contribution in [3.05, 3.63) is 339 Å². The summed E-state index contributed by atoms with van der Waals surface area (Å²) in [5.41, 5.74) is 22.7. The van der Waals surface area contributed by atoms with E-state index < -0.39 is 5.82 Å². The van der Waals surface area contributed by atoms with Crippen molar-refractivity contribution in [3.8, 4) is 192 Å². The van der Waals surface area contributed by atoms with Crippen molar-refractivity contribution in [1.29, 1.82) is 0 Å². The smallest absolute Gasteiger partial charge is 0.163 e. The third kappa shape index (κ3) is 9.94. The summed E-state index contributed by atoms with van der Waals surface area (Å²) in [5.74, 6) is 7.20. The Hall–Kier alpha value is -15.2. The third-order valence-corrected chi connectivity index (χ3v) is 22.4. The molecule has 0 radical (unpaired) electrons. The quantitative estimate of drug-likeness (QED) is 0.125. The van der Waals surface area contributed by atoms with E-state index in [0.717, 1.165) is 139 Å². The molecule has 0 saturated heterocycles. The van der Waals surface area contributed by atoms with E-state index in [9.17, 15) is 8.78 Å². The molecule has 6 aliphatic heterocycles. The van der Waals surface area contributed by atoms with Crippen molar-refractivity contribution in [2.45, 2.75) is 0 Å². The molecule has 0 saturated carbocycles. The van der Waals surface area contributed by atoms with E-state index in [1.54, 1.807) is 24.3 Å². The lowest BCUT2D eigenvalue weighted by atomic mass is 9.90. The van der Waals surface area contributed by atoms with Crippen LogP contribution in [-0.4, -0.2) is 0 Å². The van der Waals surface area contributed by atoms with E-state index in [4.69, 9.17) is 37.3 Å². The van der Waals surface area contributed by atoms with Gasteiger partial charge in [0.05, 0.1) is 0 Å². The number of rotatable bonds is 11. The van der Waals surface area contributed by atoms with Crippen molar-refractivity contribution in [1.82, 2.24) is 0 Å². The van der Waals surface area contributed by atoms with E-state index >= 15 is 4.39 Å². The number of hydrogen-bond donors (Lipinski definition) is 0. The van der Waals surface area contributed by atoms with Crippen LogP contribution in [0.4, 0.5) is 47.3 Å². The molecule has 0 amide bonds. The van der Waals surface area contributed by atoms with Gasteiger partial charge in [-0.15, -0.1) is 0 Å². The summed E-state index contributed by atoms with van der Waals surface area (Å²) in [4.78, 5) is 4.34. The van der Waals surface area contributed by atoms with Crippen molar-refractivity contribution in [3.63, 3.8) is 0 Å². The summed E-state index contributed by atoms with van der Waals surface area (Å²) in [7, 11) is 0. The van der Waals surface area contributed by atoms with Crippen LogP contribution in [0.15, 0.2) is 330 Å². The highest BCUT2D eigenvalue weighted by Crippen LogP contribution is 2.72. The highest BCUT2D eigenvalue weighted by molar-refractivity contribution is 6.08. The summed E-state index contributed by atoms with van der Waals surface area (Å²) in [5, 5.41) is 1.84. The fourth-order valence-corrected chi connectivity index (χ4v) is 16.9. The Morgan fingerprint density at radius 3 is 0.965 bits per heavy atom. The zero-order chi connectivity index (χ0) is 74.4. The van der Waals surface area contributed by atoms with Gasteiger partial charge in [0.1, 0.15) is 74.3 Å². The van der Waals surface area contributed by atoms with Gasteiger partial charge in [-0.3, -0.25) is 9.80 Å². The fourth-order valence-electron chi connectivity index (χ4n) is 16.9. The van der Waals surface area contributed by atoms with Crippen LogP contribution in [0, 0.1) is 17.5 Å². The molecule has 6 aliphatic rings. The van der Waals surface area contributed by atoms with Crippen molar-refractivity contribution in [2.24, 2.45) is 0 Å². The lowest BCUT2D eigenvalue weighted by Crippen LogP contribution is -2.24. The van der Waals surface area contributed by atoms with E-state index in [1.165, 1.54) is 30.3 Å². The van der Waals surface area contributed by atoms with Gasteiger partial charge in [-0.05, 0) is 229 Å². The molecule has 18 aromatic rings. The molecule has 0 N–H and O–H groups in total. The van der Waals surface area contributed by atoms with Gasteiger partial charge in [0, 0.05) is 38.6 Å². The molecule has 13 heteroatoms. The number of fused-ring (bicyclic) bond motifs is 2. The molecular weight excluding hydrogens is 1410 g/mol. The van der Waals surface area contributed by atoms with Crippen LogP contribution in [0.5, 0.6) is 69.0 Å². The van der Waals surface area contributed by atoms with E-state index in [-0.39, 0.29) is 11.6 Å². The number of para-hydroxylation sites is 3. The molecule has 16 aromatic carbocycles. The number of hydrogen-bond acceptors (Lipinski definition) is 10. The topological polar surface area (TPSA) is 88.1 Å². The molecule has 2 aromatic heterocycles. The van der Waals surface area contributed by atoms with Gasteiger partial charge in [0.15, 0.2) is 69.0 Å². The first-order valence-corrected chi connectivity index (χ1v) is 37.2. The van der Waals surface area contributed by atoms with Crippen molar-refractivity contribution < 1.29 is 50.4 Å². The summed E-state index contributed by atoms with van der Waals surface area (Å²) in [6, 6.07) is 104. The zero-order valence-electron chi connectivity index (χ0n) is 59.4. The number of nitrogens with zero attached hydrogens (tertiary/aromatic N) is 2. The molecule has 0 atom stereocenters. The van der Waals surface area contributed by atoms with Crippen LogP contribution < -0.4 is 38.2 Å². The minimum atomic E-state index is -0.467. The van der Waals surface area contributed by atoms with Gasteiger partial charge in [-0.2, -0.15) is 0 Å². The molecule has 532 valence electrons. The second-order valence-electron chi connectivity index (χ2n) is 29.0. The predicted octanol–water partition coefficient (Wildman–Crippen LogP) is 29.5. The Morgan fingerprint density at radius 2 is 0.513 bits per heavy atom. The number of anilines is 6. The minimum Gasteiger partial charge on any atom is -0.456 e. The van der Waals surface area contributed by atoms with Gasteiger partial charge in [0.2, 0.25) is 0 Å². The van der Waals surface area contributed by atoms with Gasteiger partial charge >= 0.3 is 0 Å². The number of ether oxygens (including phenoxy) is 6. The maximum Gasteiger partial charge on any atom is 0.163 e. The average molecular weight is 1470 g/mol. The molecule has 0 bridgehead atoms. The molecule has 0 fully saturated rings. The average Bonchev–Trinajstić information content (AvgIpc) is 0.934. The molecule has 10 nitrogen and oxygen atoms in total. The minimum absolute atomic E-state index is 0.287. The Kier molecular flexibility index (Phi) is 13.3. The molecule has 8 heterocycles. The second kappa shape index (κ2) is 23.9. The Bertz CT molecular complexity index is 6890. The Morgan fingerprint density at radius 1 is 0.195 bits per heavy atom. The molecule has 0 unspecified atom stereocenters. The Balaban J connectivity index is 0.633. The van der Waals surface area contributed by atoms with Gasteiger partial charge in [-0.1, -0.05) is 176 Å². The lowest BCUT2D eigenvalue weighted by molar-refractivity contribution is 0.417. The summed E-state index contributed by atoms with van der Waals surface area (Å²) < 4.78 is 101. The van der Waals surface area contributed by atoms with E-state index in [1.807, 2.05) is 176 Å². The standard InChI is InChI=1S/C100H53F3N2O8/c101-73-36-31-56(32-37-73)54-15-21-59(22-16-54)66-41-67(60-23-17-55(18-24-60)57-33-38-74(102)39-34-57)43-68(42-66)61-25-19-58(20-26-61)65-35-40-78(103)76(44-65)77-53-75(62-27-29-64(30-28-62)86-50-72-52-87-71(51-88(72)111-86)49-85(110-87)63-7-2-1-3-8-63)99-98-100(77)113-92-48-70(47-91-97(92)105(98)95-83(109-91)13-6-14-84(95)112-99)69-45-89-96-90(46-69)108-82-12-5-10-80-94(82)104(96)93-79(106-80)9-4-11-81(93)107-89/h1-53H. The van der Waals surface area contributed by atoms with Crippen LogP contribution >= 0.6 is 0 Å². The number of benzene rings is 16. The van der Waals surface area contributed by atoms with Crippen molar-refractivity contribution >= 4 is 56.1 Å². The lowest BCUT2D eigenvalue weighted by Gasteiger charge is -2.43. The first kappa shape index (κ1) is 62.8. The van der Waals surface area contributed by atoms with E-state index in [2.05, 4.69) is 101 Å². The van der Waals surface area contributed by atoms with Crippen LogP contribution in [0.25, 0.3) is 145 Å². The maximum atomic E-state index is 17.9. The third-order valence-electron chi connectivity index (χ3n) is 22.4. The van der Waals surface area contributed by atoms with Gasteiger partial charge in [-0.25, -0.2) is 13.2 Å². The second-order valence-corrected chi connectivity index (χ2v) is 29.0.